The fourth-order valence-electron chi connectivity index (χ4n) is 3.07. The van der Waals surface area contributed by atoms with Crippen molar-refractivity contribution < 1.29 is 17.6 Å². The van der Waals surface area contributed by atoms with Gasteiger partial charge in [0, 0.05) is 18.3 Å². The van der Waals surface area contributed by atoms with Gasteiger partial charge in [0.05, 0.1) is 17.9 Å². The van der Waals surface area contributed by atoms with Gasteiger partial charge in [0.2, 0.25) is 15.9 Å². The zero-order valence-corrected chi connectivity index (χ0v) is 14.6. The molecule has 3 heterocycles. The van der Waals surface area contributed by atoms with Crippen LogP contribution in [0.15, 0.2) is 47.0 Å². The number of benzene rings is 1. The summed E-state index contributed by atoms with van der Waals surface area (Å²) in [6.07, 6.45) is 2.96. The summed E-state index contributed by atoms with van der Waals surface area (Å²) in [5.41, 5.74) is 2.59. The van der Waals surface area contributed by atoms with Crippen molar-refractivity contribution in [2.75, 3.05) is 16.3 Å². The van der Waals surface area contributed by atoms with Crippen LogP contribution in [-0.4, -0.2) is 30.8 Å². The lowest BCUT2D eigenvalue weighted by atomic mass is 9.88. The molecule has 0 bridgehead atoms. The first-order valence-corrected chi connectivity index (χ1v) is 9.79. The summed E-state index contributed by atoms with van der Waals surface area (Å²) in [5, 5.41) is 9.53. The zero-order valence-electron chi connectivity index (χ0n) is 13.8. The van der Waals surface area contributed by atoms with E-state index in [1.165, 1.54) is 0 Å². The molecule has 9 heteroatoms. The zero-order chi connectivity index (χ0) is 18.3. The van der Waals surface area contributed by atoms with Crippen LogP contribution in [0.1, 0.15) is 23.7 Å². The average molecular weight is 372 g/mol. The summed E-state index contributed by atoms with van der Waals surface area (Å²) in [5.74, 6) is 0.899. The van der Waals surface area contributed by atoms with E-state index < -0.39 is 10.0 Å². The molecular weight excluding hydrogens is 356 g/mol. The van der Waals surface area contributed by atoms with Gasteiger partial charge in [-0.15, -0.1) is 0 Å². The van der Waals surface area contributed by atoms with Gasteiger partial charge in [-0.05, 0) is 35.9 Å². The predicted molar refractivity (Wildman–Crippen MR) is 96.3 cm³/mol. The Kier molecular flexibility index (Phi) is 3.80. The van der Waals surface area contributed by atoms with E-state index in [0.717, 1.165) is 17.5 Å². The second-order valence-corrected chi connectivity index (χ2v) is 7.90. The Bertz CT molecular complexity index is 1070. The standard InChI is InChI=1S/C17H16N4O4S/c1-26(23,24)21-10-2-3-11-12(9-17(22)19-14(11)8-10)15-4-5-16(25-15)13-6-7-18-20-13/h2-8,12,21H,9H2,1H3,(H,18,20)(H,19,22). The van der Waals surface area contributed by atoms with E-state index in [-0.39, 0.29) is 18.2 Å². The third-order valence-electron chi connectivity index (χ3n) is 4.13. The van der Waals surface area contributed by atoms with Gasteiger partial charge >= 0.3 is 0 Å². The summed E-state index contributed by atoms with van der Waals surface area (Å²) < 4.78 is 31.2. The Morgan fingerprint density at radius 1 is 1.23 bits per heavy atom. The maximum atomic E-state index is 12.1. The molecule has 1 aromatic carbocycles. The molecule has 0 saturated carbocycles. The topological polar surface area (TPSA) is 117 Å². The number of nitrogens with zero attached hydrogens (tertiary/aromatic N) is 1. The van der Waals surface area contributed by atoms with Crippen molar-refractivity contribution in [1.29, 1.82) is 0 Å². The number of amides is 1. The molecule has 1 amide bonds. The highest BCUT2D eigenvalue weighted by Crippen LogP contribution is 2.40. The van der Waals surface area contributed by atoms with E-state index in [2.05, 4.69) is 20.2 Å². The van der Waals surface area contributed by atoms with Crippen LogP contribution in [0.25, 0.3) is 11.5 Å². The van der Waals surface area contributed by atoms with Crippen LogP contribution in [0, 0.1) is 0 Å². The largest absolute Gasteiger partial charge is 0.459 e. The fourth-order valence-corrected chi connectivity index (χ4v) is 3.63. The second-order valence-electron chi connectivity index (χ2n) is 6.15. The first-order valence-electron chi connectivity index (χ1n) is 7.90. The number of anilines is 2. The van der Waals surface area contributed by atoms with Crippen molar-refractivity contribution in [3.05, 3.63) is 53.9 Å². The summed E-state index contributed by atoms with van der Waals surface area (Å²) in [4.78, 5) is 12.1. The van der Waals surface area contributed by atoms with Gasteiger partial charge in [0.1, 0.15) is 11.5 Å². The maximum absolute atomic E-state index is 12.1. The SMILES string of the molecule is CS(=O)(=O)Nc1ccc2c(c1)NC(=O)CC2c1ccc(-c2ccn[nH]2)o1. The minimum Gasteiger partial charge on any atom is -0.459 e. The van der Waals surface area contributed by atoms with Crippen molar-refractivity contribution in [3.8, 4) is 11.5 Å². The lowest BCUT2D eigenvalue weighted by Crippen LogP contribution is -2.23. The van der Waals surface area contributed by atoms with Crippen LogP contribution < -0.4 is 10.0 Å². The minimum absolute atomic E-state index is 0.154. The molecule has 3 aromatic rings. The Hall–Kier alpha value is -3.07. The number of fused-ring (bicyclic) bond motifs is 1. The number of nitrogens with one attached hydrogen (secondary N) is 3. The van der Waals surface area contributed by atoms with Gasteiger partial charge in [-0.25, -0.2) is 8.42 Å². The average Bonchev–Trinajstić information content (AvgIpc) is 3.23. The molecule has 4 rings (SSSR count). The highest BCUT2D eigenvalue weighted by molar-refractivity contribution is 7.92. The molecule has 134 valence electrons. The fraction of sp³-hybridized carbons (Fsp3) is 0.176. The van der Waals surface area contributed by atoms with Crippen LogP contribution in [0.3, 0.4) is 0 Å². The molecule has 1 unspecified atom stereocenters. The van der Waals surface area contributed by atoms with Crippen LogP contribution in [0.4, 0.5) is 11.4 Å². The number of furan rings is 1. The van der Waals surface area contributed by atoms with Gasteiger partial charge in [-0.1, -0.05) is 6.07 Å². The van der Waals surface area contributed by atoms with Crippen LogP contribution >= 0.6 is 0 Å². The molecule has 0 aliphatic carbocycles. The van der Waals surface area contributed by atoms with E-state index in [9.17, 15) is 13.2 Å². The molecule has 0 spiro atoms. The van der Waals surface area contributed by atoms with E-state index in [0.29, 0.717) is 22.9 Å². The molecule has 1 atom stereocenters. The summed E-state index contributed by atoms with van der Waals surface area (Å²) in [6, 6.07) is 10.5. The third-order valence-corrected chi connectivity index (χ3v) is 4.74. The Labute approximate surface area is 149 Å². The van der Waals surface area contributed by atoms with Crippen LogP contribution in [0.2, 0.25) is 0 Å². The highest BCUT2D eigenvalue weighted by Gasteiger charge is 2.29. The van der Waals surface area contributed by atoms with Gasteiger partial charge in [0.15, 0.2) is 5.76 Å². The first kappa shape index (κ1) is 16.4. The number of aromatic amines is 1. The lowest BCUT2D eigenvalue weighted by Gasteiger charge is -2.25. The minimum atomic E-state index is -3.40. The number of aromatic nitrogens is 2. The van der Waals surface area contributed by atoms with E-state index >= 15 is 0 Å². The number of carbonyl (C=O) groups excluding carboxylic acids is 1. The maximum Gasteiger partial charge on any atom is 0.229 e. The lowest BCUT2D eigenvalue weighted by molar-refractivity contribution is -0.116. The van der Waals surface area contributed by atoms with Gasteiger partial charge in [-0.3, -0.25) is 14.6 Å². The first-order chi connectivity index (χ1) is 12.4. The molecule has 0 radical (unpaired) electrons. The number of carbonyl (C=O) groups is 1. The summed E-state index contributed by atoms with van der Waals surface area (Å²) >= 11 is 0. The second kappa shape index (κ2) is 6.03. The van der Waals surface area contributed by atoms with E-state index in [4.69, 9.17) is 4.42 Å². The molecule has 1 aliphatic rings. The Balaban J connectivity index is 1.70. The van der Waals surface area contributed by atoms with Crippen LogP contribution in [0.5, 0.6) is 0 Å². The predicted octanol–water partition coefficient (Wildman–Crippen LogP) is 2.52. The number of hydrogen-bond donors (Lipinski definition) is 3. The number of H-pyrrole nitrogens is 1. The van der Waals surface area contributed by atoms with Crippen molar-refractivity contribution in [1.82, 2.24) is 10.2 Å². The van der Waals surface area contributed by atoms with Crippen molar-refractivity contribution >= 4 is 27.3 Å². The van der Waals surface area contributed by atoms with Crippen molar-refractivity contribution in [2.24, 2.45) is 0 Å². The molecule has 26 heavy (non-hydrogen) atoms. The quantitative estimate of drug-likeness (QED) is 0.650. The van der Waals surface area contributed by atoms with Crippen molar-refractivity contribution in [3.63, 3.8) is 0 Å². The van der Waals surface area contributed by atoms with E-state index in [1.807, 2.05) is 12.1 Å². The van der Waals surface area contributed by atoms with Gasteiger partial charge in [-0.2, -0.15) is 5.10 Å². The molecular formula is C17H16N4O4S. The molecule has 8 nitrogen and oxygen atoms in total. The Morgan fingerprint density at radius 2 is 2.08 bits per heavy atom. The van der Waals surface area contributed by atoms with E-state index in [1.54, 1.807) is 30.5 Å². The van der Waals surface area contributed by atoms with Crippen molar-refractivity contribution in [2.45, 2.75) is 12.3 Å². The summed E-state index contributed by atoms with van der Waals surface area (Å²) in [7, 11) is -3.40. The number of sulfonamides is 1. The number of hydrogen-bond acceptors (Lipinski definition) is 5. The number of rotatable bonds is 4. The normalized spacial score (nSPS) is 16.8. The molecule has 3 N–H and O–H groups in total. The molecule has 2 aromatic heterocycles. The summed E-state index contributed by atoms with van der Waals surface area (Å²) in [6.45, 7) is 0. The molecule has 1 aliphatic heterocycles. The van der Waals surface area contributed by atoms with Gasteiger partial charge < -0.3 is 9.73 Å². The molecule has 0 saturated heterocycles. The monoisotopic (exact) mass is 372 g/mol. The third kappa shape index (κ3) is 3.21. The molecule has 0 fully saturated rings. The van der Waals surface area contributed by atoms with Gasteiger partial charge in [0.25, 0.3) is 0 Å². The smallest absolute Gasteiger partial charge is 0.229 e. The highest BCUT2D eigenvalue weighted by atomic mass is 32.2. The Morgan fingerprint density at radius 3 is 2.81 bits per heavy atom. The van der Waals surface area contributed by atoms with Crippen LogP contribution in [-0.2, 0) is 14.8 Å².